The second-order valence-corrected chi connectivity index (χ2v) is 7.65. The largest absolute Gasteiger partial charge is 0.465 e. The maximum absolute atomic E-state index is 12.5. The number of para-hydroxylation sites is 1. The van der Waals surface area contributed by atoms with Gasteiger partial charge in [-0.3, -0.25) is 9.59 Å². The monoisotopic (exact) mass is 410 g/mol. The van der Waals surface area contributed by atoms with Gasteiger partial charge in [-0.25, -0.2) is 4.79 Å². The summed E-state index contributed by atoms with van der Waals surface area (Å²) in [4.78, 5) is 37.9. The maximum Gasteiger partial charge on any atom is 0.365 e. The fourth-order valence-corrected chi connectivity index (χ4v) is 3.88. The molecular formula is C23H28N3O4+. The molecular weight excluding hydrogens is 382 g/mol. The van der Waals surface area contributed by atoms with Crippen LogP contribution in [0.2, 0.25) is 0 Å². The first-order chi connectivity index (χ1) is 14.4. The minimum Gasteiger partial charge on any atom is -0.465 e. The number of carbonyl (C=O) groups is 3. The summed E-state index contributed by atoms with van der Waals surface area (Å²) in [7, 11) is 1.36. The molecule has 0 fully saturated rings. The van der Waals surface area contributed by atoms with Crippen molar-refractivity contribution in [3.05, 3.63) is 64.7 Å². The van der Waals surface area contributed by atoms with Gasteiger partial charge < -0.3 is 20.3 Å². The van der Waals surface area contributed by atoms with E-state index in [1.807, 2.05) is 56.3 Å². The predicted molar refractivity (Wildman–Crippen MR) is 113 cm³/mol. The molecule has 158 valence electrons. The number of anilines is 1. The summed E-state index contributed by atoms with van der Waals surface area (Å²) in [5.41, 5.74) is 4.91. The van der Waals surface area contributed by atoms with Gasteiger partial charge in [-0.05, 0) is 30.5 Å². The van der Waals surface area contributed by atoms with E-state index < -0.39 is 6.04 Å². The van der Waals surface area contributed by atoms with Crippen LogP contribution in [0, 0.1) is 13.8 Å². The molecule has 30 heavy (non-hydrogen) atoms. The van der Waals surface area contributed by atoms with Gasteiger partial charge in [-0.2, -0.15) is 0 Å². The van der Waals surface area contributed by atoms with Crippen LogP contribution in [0.1, 0.15) is 22.3 Å². The predicted octanol–water partition coefficient (Wildman–Crippen LogP) is 0.541. The summed E-state index contributed by atoms with van der Waals surface area (Å²) in [6.07, 6.45) is 0.526. The Morgan fingerprint density at radius 2 is 1.67 bits per heavy atom. The molecule has 1 heterocycles. The van der Waals surface area contributed by atoms with Gasteiger partial charge in [0.05, 0.1) is 13.7 Å². The van der Waals surface area contributed by atoms with Crippen LogP contribution in [0.4, 0.5) is 5.69 Å². The van der Waals surface area contributed by atoms with Gasteiger partial charge in [-0.1, -0.05) is 42.5 Å². The van der Waals surface area contributed by atoms with Crippen LogP contribution in [0.25, 0.3) is 0 Å². The van der Waals surface area contributed by atoms with Crippen molar-refractivity contribution < 1.29 is 24.0 Å². The van der Waals surface area contributed by atoms with Crippen molar-refractivity contribution in [3.8, 4) is 0 Å². The number of aryl methyl sites for hydroxylation is 2. The molecule has 3 N–H and O–H groups in total. The molecule has 0 aromatic heterocycles. The molecule has 7 nitrogen and oxygen atoms in total. The molecule has 1 unspecified atom stereocenters. The SMILES string of the molecule is COC(=O)[C@@H]1Cc2ccccc2C[NH+]1CC(=O)NCC(=O)Nc1c(C)cccc1C. The lowest BCUT2D eigenvalue weighted by Crippen LogP contribution is -3.17. The summed E-state index contributed by atoms with van der Waals surface area (Å²) < 4.78 is 4.95. The first-order valence-corrected chi connectivity index (χ1v) is 10.0. The number of nitrogens with one attached hydrogen (secondary N) is 3. The van der Waals surface area contributed by atoms with E-state index in [0.717, 1.165) is 32.8 Å². The Morgan fingerprint density at radius 1 is 1.00 bits per heavy atom. The van der Waals surface area contributed by atoms with Crippen LogP contribution < -0.4 is 15.5 Å². The van der Waals surface area contributed by atoms with Gasteiger partial charge in [0.25, 0.3) is 5.91 Å². The third-order valence-electron chi connectivity index (χ3n) is 5.52. The molecule has 0 spiro atoms. The van der Waals surface area contributed by atoms with Crippen molar-refractivity contribution in [2.75, 3.05) is 25.5 Å². The maximum atomic E-state index is 12.5. The van der Waals surface area contributed by atoms with Crippen molar-refractivity contribution in [2.24, 2.45) is 0 Å². The average Bonchev–Trinajstić information content (AvgIpc) is 2.74. The second-order valence-electron chi connectivity index (χ2n) is 7.65. The number of amides is 2. The Kier molecular flexibility index (Phi) is 6.84. The summed E-state index contributed by atoms with van der Waals surface area (Å²) in [5, 5.41) is 5.52. The molecule has 7 heteroatoms. The highest BCUT2D eigenvalue weighted by atomic mass is 16.5. The van der Waals surface area contributed by atoms with E-state index in [1.165, 1.54) is 7.11 Å². The zero-order chi connectivity index (χ0) is 21.7. The number of esters is 1. The summed E-state index contributed by atoms with van der Waals surface area (Å²) in [6.45, 7) is 4.36. The second kappa shape index (κ2) is 9.54. The molecule has 0 aliphatic carbocycles. The van der Waals surface area contributed by atoms with Gasteiger partial charge in [0, 0.05) is 17.7 Å². The van der Waals surface area contributed by atoms with E-state index in [-0.39, 0.29) is 30.9 Å². The fraction of sp³-hybridized carbons (Fsp3) is 0.348. The Bertz CT molecular complexity index is 937. The molecule has 0 saturated heterocycles. The smallest absolute Gasteiger partial charge is 0.365 e. The molecule has 0 bridgehead atoms. The Hall–Kier alpha value is -3.19. The van der Waals surface area contributed by atoms with E-state index in [0.29, 0.717) is 13.0 Å². The fourth-order valence-electron chi connectivity index (χ4n) is 3.88. The quantitative estimate of drug-likeness (QED) is 0.607. The molecule has 3 rings (SSSR count). The van der Waals surface area contributed by atoms with Crippen molar-refractivity contribution >= 4 is 23.5 Å². The van der Waals surface area contributed by atoms with Gasteiger partial charge >= 0.3 is 5.97 Å². The molecule has 1 aliphatic heterocycles. The number of methoxy groups -OCH3 is 1. The Morgan fingerprint density at radius 3 is 2.33 bits per heavy atom. The first kappa shape index (κ1) is 21.5. The van der Waals surface area contributed by atoms with Crippen LogP contribution in [0.15, 0.2) is 42.5 Å². The van der Waals surface area contributed by atoms with Gasteiger partial charge in [0.1, 0.15) is 6.54 Å². The van der Waals surface area contributed by atoms with Gasteiger partial charge in [0.2, 0.25) is 5.91 Å². The molecule has 2 amide bonds. The summed E-state index contributed by atoms with van der Waals surface area (Å²) >= 11 is 0. The van der Waals surface area contributed by atoms with Gasteiger partial charge in [0.15, 0.2) is 12.6 Å². The first-order valence-electron chi connectivity index (χ1n) is 10.0. The molecule has 2 atom stereocenters. The van der Waals surface area contributed by atoms with E-state index in [2.05, 4.69) is 10.6 Å². The minimum absolute atomic E-state index is 0.0881. The van der Waals surface area contributed by atoms with Crippen LogP contribution in [-0.4, -0.2) is 44.0 Å². The van der Waals surface area contributed by atoms with Crippen LogP contribution in [0.5, 0.6) is 0 Å². The van der Waals surface area contributed by atoms with Crippen LogP contribution in [0.3, 0.4) is 0 Å². The zero-order valence-electron chi connectivity index (χ0n) is 17.6. The lowest BCUT2D eigenvalue weighted by atomic mass is 9.94. The van der Waals surface area contributed by atoms with Crippen LogP contribution in [-0.2, 0) is 32.1 Å². The summed E-state index contributed by atoms with van der Waals surface area (Å²) in [6, 6.07) is 13.2. The number of ether oxygens (including phenoxy) is 1. The molecule has 0 saturated carbocycles. The highest BCUT2D eigenvalue weighted by Gasteiger charge is 2.37. The number of quaternary nitrogens is 1. The van der Waals surface area contributed by atoms with Crippen molar-refractivity contribution in [3.63, 3.8) is 0 Å². The van der Waals surface area contributed by atoms with Crippen LogP contribution >= 0.6 is 0 Å². The highest BCUT2D eigenvalue weighted by Crippen LogP contribution is 2.19. The third kappa shape index (κ3) is 5.04. The molecule has 2 aromatic carbocycles. The normalized spacial score (nSPS) is 17.6. The van der Waals surface area contributed by atoms with Crippen molar-refractivity contribution in [1.29, 1.82) is 0 Å². The standard InChI is InChI=1S/C23H27N3O4/c1-15-7-6-8-16(2)22(15)25-20(27)12-24-21(28)14-26-13-18-10-5-4-9-17(18)11-19(26)23(29)30-3/h4-10,19H,11-14H2,1-3H3,(H,24,28)(H,25,27)/p+1/t19-/m0/s1. The van der Waals surface area contributed by atoms with E-state index in [4.69, 9.17) is 4.74 Å². The third-order valence-corrected chi connectivity index (χ3v) is 5.52. The Labute approximate surface area is 176 Å². The van der Waals surface area contributed by atoms with E-state index in [1.54, 1.807) is 0 Å². The summed E-state index contributed by atoms with van der Waals surface area (Å²) in [5.74, 6) is -0.903. The van der Waals surface area contributed by atoms with Crippen molar-refractivity contribution in [2.45, 2.75) is 32.9 Å². The highest BCUT2D eigenvalue weighted by molar-refractivity contribution is 5.95. The number of hydrogen-bond donors (Lipinski definition) is 3. The number of rotatable bonds is 6. The number of fused-ring (bicyclic) bond motifs is 1. The van der Waals surface area contributed by atoms with E-state index in [9.17, 15) is 14.4 Å². The van der Waals surface area contributed by atoms with Gasteiger partial charge in [-0.15, -0.1) is 0 Å². The lowest BCUT2D eigenvalue weighted by molar-refractivity contribution is -0.924. The average molecular weight is 410 g/mol. The topological polar surface area (TPSA) is 88.9 Å². The molecule has 2 aromatic rings. The van der Waals surface area contributed by atoms with E-state index >= 15 is 0 Å². The van der Waals surface area contributed by atoms with Crippen molar-refractivity contribution in [1.82, 2.24) is 5.32 Å². The zero-order valence-corrected chi connectivity index (χ0v) is 17.6. The molecule has 1 aliphatic rings. The lowest BCUT2D eigenvalue weighted by Gasteiger charge is -2.31. The number of hydrogen-bond acceptors (Lipinski definition) is 4. The molecule has 0 radical (unpaired) electrons. The number of carbonyl (C=O) groups excluding carboxylic acids is 3. The number of benzene rings is 2. The minimum atomic E-state index is -0.445. The Balaban J connectivity index is 1.59.